The molecule has 0 spiro atoms. The van der Waals surface area contributed by atoms with Gasteiger partial charge >= 0.3 is 5.97 Å². The summed E-state index contributed by atoms with van der Waals surface area (Å²) in [5, 5.41) is 20.8. The van der Waals surface area contributed by atoms with E-state index in [1.54, 1.807) is 0 Å². The molecular formula is C35H58O7. The van der Waals surface area contributed by atoms with Gasteiger partial charge in [0.2, 0.25) is 0 Å². The zero-order valence-electron chi connectivity index (χ0n) is 26.0. The van der Waals surface area contributed by atoms with Gasteiger partial charge in [-0.05, 0) is 113 Å². The highest BCUT2D eigenvalue weighted by Crippen LogP contribution is 2.61. The summed E-state index contributed by atoms with van der Waals surface area (Å²) < 4.78 is 25.0. The van der Waals surface area contributed by atoms with Crippen LogP contribution < -0.4 is 0 Å². The van der Waals surface area contributed by atoms with E-state index in [-0.39, 0.29) is 43.0 Å². The molecule has 2 heterocycles. The van der Waals surface area contributed by atoms with Crippen molar-refractivity contribution < 1.29 is 34.0 Å². The molecule has 5 aliphatic carbocycles. The first-order chi connectivity index (χ1) is 20.5. The maximum absolute atomic E-state index is 11.9. The summed E-state index contributed by atoms with van der Waals surface area (Å²) in [5.74, 6) is 1.69. The van der Waals surface area contributed by atoms with Gasteiger partial charge in [-0.15, -0.1) is 0 Å². The van der Waals surface area contributed by atoms with Crippen molar-refractivity contribution in [1.29, 1.82) is 0 Å². The van der Waals surface area contributed by atoms with Crippen molar-refractivity contribution in [1.82, 2.24) is 0 Å². The monoisotopic (exact) mass is 590 g/mol. The Hall–Kier alpha value is -0.730. The molecule has 7 atom stereocenters. The average molecular weight is 591 g/mol. The van der Waals surface area contributed by atoms with Gasteiger partial charge < -0.3 is 29.2 Å². The van der Waals surface area contributed by atoms with E-state index in [0.29, 0.717) is 25.0 Å². The standard InChI is InChI=1S/C35H58O7/c36-28-20-30(42-33-12-6-9-15-40-33)34(27(28)19-31(37)38)29(41-32-11-5-8-14-39-32)10-4-2-1-3-7-13-35-21-24-16-25(22-35)18-26(17-24)23-35/h24-30,32-34,36H,1-23H2,(H,37,38)/t24?,25?,26?,27-,28-,29?,30+,32?,33?,34+,35?/m0/s1. The maximum atomic E-state index is 11.9. The van der Waals surface area contributed by atoms with Gasteiger partial charge in [-0.3, -0.25) is 4.79 Å². The van der Waals surface area contributed by atoms with E-state index in [0.717, 1.165) is 69.1 Å². The summed E-state index contributed by atoms with van der Waals surface area (Å²) >= 11 is 0. The van der Waals surface area contributed by atoms with Crippen LogP contribution in [0.2, 0.25) is 0 Å². The highest BCUT2D eigenvalue weighted by molar-refractivity contribution is 5.67. The Morgan fingerprint density at radius 2 is 1.43 bits per heavy atom. The van der Waals surface area contributed by atoms with E-state index >= 15 is 0 Å². The number of aliphatic hydroxyl groups is 1. The fourth-order valence-corrected chi connectivity index (χ4v) is 10.6. The molecule has 0 aromatic rings. The van der Waals surface area contributed by atoms with E-state index in [2.05, 4.69) is 0 Å². The summed E-state index contributed by atoms with van der Waals surface area (Å²) in [5.41, 5.74) is 0.688. The maximum Gasteiger partial charge on any atom is 0.303 e. The average Bonchev–Trinajstić information content (AvgIpc) is 3.25. The summed E-state index contributed by atoms with van der Waals surface area (Å²) in [6, 6.07) is 0. The van der Waals surface area contributed by atoms with E-state index in [1.165, 1.54) is 70.6 Å². The predicted molar refractivity (Wildman–Crippen MR) is 160 cm³/mol. The highest BCUT2D eigenvalue weighted by atomic mass is 16.7. The van der Waals surface area contributed by atoms with Gasteiger partial charge in [-0.2, -0.15) is 0 Å². The molecule has 2 N–H and O–H groups in total. The third-order valence-electron chi connectivity index (χ3n) is 12.0. The Kier molecular flexibility index (Phi) is 10.8. The van der Waals surface area contributed by atoms with E-state index < -0.39 is 12.1 Å². The van der Waals surface area contributed by atoms with Crippen LogP contribution in [0.5, 0.6) is 0 Å². The molecule has 2 saturated heterocycles. The van der Waals surface area contributed by atoms with Crippen LogP contribution in [0.3, 0.4) is 0 Å². The van der Waals surface area contributed by atoms with E-state index in [1.807, 2.05) is 0 Å². The molecule has 7 rings (SSSR count). The van der Waals surface area contributed by atoms with Crippen LogP contribution in [0.1, 0.15) is 135 Å². The van der Waals surface area contributed by atoms with Gasteiger partial charge in [0.15, 0.2) is 12.6 Å². The van der Waals surface area contributed by atoms with Gasteiger partial charge in [0, 0.05) is 31.5 Å². The number of unbranched alkanes of at least 4 members (excludes halogenated alkanes) is 4. The van der Waals surface area contributed by atoms with E-state index in [4.69, 9.17) is 18.9 Å². The lowest BCUT2D eigenvalue weighted by Crippen LogP contribution is -2.45. The van der Waals surface area contributed by atoms with Crippen LogP contribution >= 0.6 is 0 Å². The predicted octanol–water partition coefficient (Wildman–Crippen LogP) is 7.23. The summed E-state index contributed by atoms with van der Waals surface area (Å²) in [7, 11) is 0. The van der Waals surface area contributed by atoms with Gasteiger partial charge in [0.05, 0.1) is 24.7 Å². The number of carbonyl (C=O) groups is 1. The minimum absolute atomic E-state index is 0.0626. The van der Waals surface area contributed by atoms with Gasteiger partial charge in [0.25, 0.3) is 0 Å². The van der Waals surface area contributed by atoms with Crippen LogP contribution in [0.25, 0.3) is 0 Å². The van der Waals surface area contributed by atoms with Crippen molar-refractivity contribution in [3.63, 3.8) is 0 Å². The summed E-state index contributed by atoms with van der Waals surface area (Å²) in [6.07, 6.45) is 22.3. The second-order valence-electron chi connectivity index (χ2n) is 15.3. The van der Waals surface area contributed by atoms with Crippen LogP contribution in [0.15, 0.2) is 0 Å². The van der Waals surface area contributed by atoms with Crippen molar-refractivity contribution >= 4 is 5.97 Å². The Bertz CT molecular complexity index is 815. The molecule has 4 bridgehead atoms. The van der Waals surface area contributed by atoms with Gasteiger partial charge in [0.1, 0.15) is 0 Å². The molecule has 42 heavy (non-hydrogen) atoms. The second-order valence-corrected chi connectivity index (χ2v) is 15.3. The van der Waals surface area contributed by atoms with E-state index in [9.17, 15) is 15.0 Å². The molecule has 5 saturated carbocycles. The topological polar surface area (TPSA) is 94.5 Å². The van der Waals surface area contributed by atoms with Crippen molar-refractivity contribution in [3.8, 4) is 0 Å². The molecule has 7 fully saturated rings. The van der Waals surface area contributed by atoms with Crippen molar-refractivity contribution in [3.05, 3.63) is 0 Å². The number of hydrogen-bond acceptors (Lipinski definition) is 6. The fraction of sp³-hybridized carbons (Fsp3) is 0.971. The number of ether oxygens (including phenoxy) is 4. The Morgan fingerprint density at radius 3 is 2.05 bits per heavy atom. The Morgan fingerprint density at radius 1 is 0.810 bits per heavy atom. The number of aliphatic hydroxyl groups excluding tert-OH is 1. The normalized spacial score (nSPS) is 42.2. The van der Waals surface area contributed by atoms with Gasteiger partial charge in [-0.1, -0.05) is 32.1 Å². The number of carboxylic acid groups (broad SMARTS) is 1. The first-order valence-electron chi connectivity index (χ1n) is 17.9. The molecule has 3 unspecified atom stereocenters. The summed E-state index contributed by atoms with van der Waals surface area (Å²) in [4.78, 5) is 11.9. The zero-order chi connectivity index (χ0) is 28.9. The first kappa shape index (κ1) is 31.3. The lowest BCUT2D eigenvalue weighted by molar-refractivity contribution is -0.232. The molecule has 7 heteroatoms. The highest BCUT2D eigenvalue weighted by Gasteiger charge is 2.51. The SMILES string of the molecule is O=C(O)C[C@@H]1[C@H](C(CCCCCCCC23CC4CC(CC(C4)C2)C3)OC2CCCCO2)[C@H](OC2CCCCO2)C[C@@H]1O. The molecule has 0 amide bonds. The Balaban J connectivity index is 1.03. The van der Waals surface area contributed by atoms with Crippen LogP contribution in [-0.4, -0.2) is 60.3 Å². The van der Waals surface area contributed by atoms with Crippen LogP contribution in [0, 0.1) is 35.0 Å². The summed E-state index contributed by atoms with van der Waals surface area (Å²) in [6.45, 7) is 1.41. The Labute approximate surface area is 253 Å². The lowest BCUT2D eigenvalue weighted by atomic mass is 9.48. The molecule has 0 radical (unpaired) electrons. The van der Waals surface area contributed by atoms with Crippen LogP contribution in [-0.2, 0) is 23.7 Å². The molecule has 7 aliphatic rings. The molecular weight excluding hydrogens is 532 g/mol. The molecule has 240 valence electrons. The van der Waals surface area contributed by atoms with Crippen molar-refractivity contribution in [2.75, 3.05) is 13.2 Å². The third kappa shape index (κ3) is 7.91. The minimum Gasteiger partial charge on any atom is -0.481 e. The van der Waals surface area contributed by atoms with Crippen molar-refractivity contribution in [2.45, 2.75) is 166 Å². The third-order valence-corrected chi connectivity index (χ3v) is 12.0. The molecule has 0 aromatic heterocycles. The molecule has 0 aromatic carbocycles. The molecule has 7 nitrogen and oxygen atoms in total. The second kappa shape index (κ2) is 14.6. The quantitative estimate of drug-likeness (QED) is 0.194. The number of carboxylic acids is 1. The van der Waals surface area contributed by atoms with Crippen LogP contribution in [0.4, 0.5) is 0 Å². The first-order valence-corrected chi connectivity index (χ1v) is 17.9. The fourth-order valence-electron chi connectivity index (χ4n) is 10.6. The number of rotatable bonds is 15. The minimum atomic E-state index is -0.870. The largest absolute Gasteiger partial charge is 0.481 e. The number of hydrogen-bond donors (Lipinski definition) is 2. The van der Waals surface area contributed by atoms with Crippen molar-refractivity contribution in [2.24, 2.45) is 35.0 Å². The number of aliphatic carboxylic acids is 1. The molecule has 2 aliphatic heterocycles. The lowest BCUT2D eigenvalue weighted by Gasteiger charge is -2.57. The smallest absolute Gasteiger partial charge is 0.303 e. The van der Waals surface area contributed by atoms with Gasteiger partial charge in [-0.25, -0.2) is 0 Å². The zero-order valence-corrected chi connectivity index (χ0v) is 26.0.